The minimum absolute atomic E-state index is 0.141. The van der Waals surface area contributed by atoms with Crippen molar-refractivity contribution in [2.24, 2.45) is 0 Å². The fourth-order valence-corrected chi connectivity index (χ4v) is 2.44. The zero-order chi connectivity index (χ0) is 18.8. The minimum Gasteiger partial charge on any atom is -0.508 e. The van der Waals surface area contributed by atoms with Crippen LogP contribution in [0.5, 0.6) is 5.75 Å². The Balaban J connectivity index is 1.89. The molecule has 0 radical (unpaired) electrons. The summed E-state index contributed by atoms with van der Waals surface area (Å²) in [6, 6.07) is 14.5. The quantitative estimate of drug-likeness (QED) is 0.399. The Morgan fingerprint density at radius 2 is 1.92 bits per heavy atom. The topological polar surface area (TPSA) is 75.4 Å². The first-order valence-corrected chi connectivity index (χ1v) is 8.49. The third-order valence-electron chi connectivity index (χ3n) is 3.71. The third-order valence-corrected chi connectivity index (χ3v) is 3.71. The maximum atomic E-state index is 11.9. The van der Waals surface area contributed by atoms with Crippen LogP contribution in [-0.2, 0) is 11.3 Å². The van der Waals surface area contributed by atoms with E-state index in [0.29, 0.717) is 18.7 Å². The number of nitrogen functional groups attached to an aromatic ring is 1. The van der Waals surface area contributed by atoms with E-state index in [1.807, 2.05) is 67.6 Å². The molecule has 0 aliphatic rings. The number of aromatic hydroxyl groups is 1. The van der Waals surface area contributed by atoms with E-state index in [2.05, 4.69) is 5.32 Å². The van der Waals surface area contributed by atoms with Crippen LogP contribution in [0, 0.1) is 0 Å². The van der Waals surface area contributed by atoms with Crippen LogP contribution in [0.25, 0.3) is 5.57 Å². The van der Waals surface area contributed by atoms with Gasteiger partial charge in [-0.25, -0.2) is 0 Å². The number of anilines is 1. The largest absolute Gasteiger partial charge is 0.508 e. The van der Waals surface area contributed by atoms with Crippen LogP contribution in [0.1, 0.15) is 24.5 Å². The molecule has 4 nitrogen and oxygen atoms in total. The summed E-state index contributed by atoms with van der Waals surface area (Å²) < 4.78 is 0. The normalized spacial score (nSPS) is 12.0. The maximum absolute atomic E-state index is 11.9. The second kappa shape index (κ2) is 9.89. The van der Waals surface area contributed by atoms with E-state index in [-0.39, 0.29) is 11.7 Å². The van der Waals surface area contributed by atoms with E-state index in [0.717, 1.165) is 16.7 Å². The molecule has 2 aromatic carbocycles. The molecule has 4 N–H and O–H groups in total. The van der Waals surface area contributed by atoms with Crippen LogP contribution in [0.3, 0.4) is 0 Å². The van der Waals surface area contributed by atoms with Gasteiger partial charge in [-0.2, -0.15) is 0 Å². The fraction of sp³-hybridized carbons (Fsp3) is 0.136. The first-order chi connectivity index (χ1) is 12.6. The van der Waals surface area contributed by atoms with Crippen molar-refractivity contribution in [3.63, 3.8) is 0 Å². The van der Waals surface area contributed by atoms with Gasteiger partial charge in [-0.05, 0) is 60.4 Å². The lowest BCUT2D eigenvalue weighted by Crippen LogP contribution is -2.20. The van der Waals surface area contributed by atoms with Crippen LogP contribution in [0.15, 0.2) is 78.9 Å². The molecule has 2 rings (SSSR count). The lowest BCUT2D eigenvalue weighted by molar-refractivity contribution is -0.116. The van der Waals surface area contributed by atoms with Gasteiger partial charge in [0.1, 0.15) is 5.75 Å². The molecule has 0 bridgehead atoms. The van der Waals surface area contributed by atoms with Crippen LogP contribution < -0.4 is 11.1 Å². The van der Waals surface area contributed by atoms with E-state index in [1.54, 1.807) is 12.1 Å². The molecule has 0 atom stereocenters. The van der Waals surface area contributed by atoms with Crippen molar-refractivity contribution in [3.8, 4) is 5.75 Å². The number of hydrogen-bond acceptors (Lipinski definition) is 3. The summed E-state index contributed by atoms with van der Waals surface area (Å²) >= 11 is 0. The molecular formula is C22H24N2O2. The van der Waals surface area contributed by atoms with Gasteiger partial charge in [0.05, 0.1) is 0 Å². The van der Waals surface area contributed by atoms with Gasteiger partial charge in [0.25, 0.3) is 0 Å². The van der Waals surface area contributed by atoms with Gasteiger partial charge in [0.15, 0.2) is 0 Å². The summed E-state index contributed by atoms with van der Waals surface area (Å²) in [6.07, 6.45) is 9.98. The molecule has 0 spiro atoms. The fourth-order valence-electron chi connectivity index (χ4n) is 2.44. The standard InChI is InChI=1S/C22H24N2O2/c1-2-6-18(19-11-13-21(25)14-12-19)8-3-4-10-22(26)24-16-17-7-5-9-20(23)15-17/h2,4-15,25H,3,16,23H2,1H3,(H,24,26)/b6-2-,10-4+,18-8+. The maximum Gasteiger partial charge on any atom is 0.243 e. The second-order valence-electron chi connectivity index (χ2n) is 5.81. The van der Waals surface area contributed by atoms with Crippen molar-refractivity contribution < 1.29 is 9.90 Å². The Morgan fingerprint density at radius 3 is 2.62 bits per heavy atom. The third kappa shape index (κ3) is 6.32. The van der Waals surface area contributed by atoms with Crippen molar-refractivity contribution in [1.82, 2.24) is 5.32 Å². The molecule has 2 aromatic rings. The Labute approximate surface area is 154 Å². The summed E-state index contributed by atoms with van der Waals surface area (Å²) in [4.78, 5) is 11.9. The molecule has 0 aliphatic heterocycles. The van der Waals surface area contributed by atoms with Crippen molar-refractivity contribution in [3.05, 3.63) is 90.0 Å². The Kier molecular flexibility index (Phi) is 7.25. The molecule has 0 aromatic heterocycles. The lowest BCUT2D eigenvalue weighted by atomic mass is 10.0. The van der Waals surface area contributed by atoms with E-state index in [9.17, 15) is 9.90 Å². The van der Waals surface area contributed by atoms with Gasteiger partial charge < -0.3 is 16.2 Å². The number of phenolic OH excluding ortho intramolecular Hbond substituents is 1. The number of benzene rings is 2. The van der Waals surface area contributed by atoms with Gasteiger partial charge >= 0.3 is 0 Å². The monoisotopic (exact) mass is 348 g/mol. The highest BCUT2D eigenvalue weighted by molar-refractivity contribution is 5.87. The highest BCUT2D eigenvalue weighted by Crippen LogP contribution is 2.19. The molecule has 0 aliphatic carbocycles. The molecule has 0 heterocycles. The number of nitrogens with one attached hydrogen (secondary N) is 1. The highest BCUT2D eigenvalue weighted by Gasteiger charge is 1.99. The molecule has 0 fully saturated rings. The summed E-state index contributed by atoms with van der Waals surface area (Å²) in [6.45, 7) is 2.40. The van der Waals surface area contributed by atoms with Gasteiger partial charge in [0, 0.05) is 12.2 Å². The van der Waals surface area contributed by atoms with Crippen LogP contribution in [0.2, 0.25) is 0 Å². The van der Waals surface area contributed by atoms with Crippen LogP contribution in [0.4, 0.5) is 5.69 Å². The molecule has 26 heavy (non-hydrogen) atoms. The predicted molar refractivity (Wildman–Crippen MR) is 107 cm³/mol. The minimum atomic E-state index is -0.141. The summed E-state index contributed by atoms with van der Waals surface area (Å²) in [5.41, 5.74) is 9.42. The molecule has 0 saturated heterocycles. The van der Waals surface area contributed by atoms with E-state index in [1.165, 1.54) is 6.08 Å². The zero-order valence-electron chi connectivity index (χ0n) is 14.9. The number of allylic oxidation sites excluding steroid dienone is 5. The Bertz CT molecular complexity index is 818. The van der Waals surface area contributed by atoms with Crippen LogP contribution >= 0.6 is 0 Å². The van der Waals surface area contributed by atoms with Gasteiger partial charge in [-0.1, -0.05) is 48.6 Å². The molecule has 1 amide bonds. The summed E-state index contributed by atoms with van der Waals surface area (Å²) in [5, 5.41) is 12.2. The average molecular weight is 348 g/mol. The van der Waals surface area contributed by atoms with Crippen LogP contribution in [-0.4, -0.2) is 11.0 Å². The Hall–Kier alpha value is -3.27. The SMILES string of the molecule is C/C=C\C(=C/C/C=C/C(=O)NCc1cccc(N)c1)c1ccc(O)cc1. The highest BCUT2D eigenvalue weighted by atomic mass is 16.3. The molecule has 134 valence electrons. The second-order valence-corrected chi connectivity index (χ2v) is 5.81. The number of nitrogens with two attached hydrogens (primary N) is 1. The van der Waals surface area contributed by atoms with E-state index < -0.39 is 0 Å². The summed E-state index contributed by atoms with van der Waals surface area (Å²) in [7, 11) is 0. The number of carbonyl (C=O) groups excluding carboxylic acids is 1. The number of hydrogen-bond donors (Lipinski definition) is 3. The van der Waals surface area contributed by atoms with Crippen molar-refractivity contribution in [1.29, 1.82) is 0 Å². The summed E-state index contributed by atoms with van der Waals surface area (Å²) in [5.74, 6) is 0.100. The molecule has 0 unspecified atom stereocenters. The predicted octanol–water partition coefficient (Wildman–Crippen LogP) is 4.20. The van der Waals surface area contributed by atoms with Gasteiger partial charge in [-0.3, -0.25) is 4.79 Å². The molecule has 4 heteroatoms. The number of phenols is 1. The van der Waals surface area contributed by atoms with Gasteiger partial charge in [-0.15, -0.1) is 0 Å². The number of amides is 1. The molecule has 0 saturated carbocycles. The van der Waals surface area contributed by atoms with Crippen molar-refractivity contribution in [2.45, 2.75) is 19.9 Å². The van der Waals surface area contributed by atoms with Gasteiger partial charge in [0.2, 0.25) is 5.91 Å². The number of rotatable bonds is 7. The Morgan fingerprint density at radius 1 is 1.15 bits per heavy atom. The zero-order valence-corrected chi connectivity index (χ0v) is 14.9. The average Bonchev–Trinajstić information content (AvgIpc) is 2.63. The van der Waals surface area contributed by atoms with E-state index in [4.69, 9.17) is 5.73 Å². The molecular weight excluding hydrogens is 324 g/mol. The smallest absolute Gasteiger partial charge is 0.243 e. The van der Waals surface area contributed by atoms with Crippen molar-refractivity contribution >= 4 is 17.2 Å². The van der Waals surface area contributed by atoms with E-state index >= 15 is 0 Å². The first-order valence-electron chi connectivity index (χ1n) is 8.49. The van der Waals surface area contributed by atoms with Crippen molar-refractivity contribution in [2.75, 3.05) is 5.73 Å². The number of carbonyl (C=O) groups is 1. The first kappa shape index (κ1) is 19.1. The lowest BCUT2D eigenvalue weighted by Gasteiger charge is -2.04.